The van der Waals surface area contributed by atoms with Crippen molar-refractivity contribution >= 4 is 17.5 Å². The van der Waals surface area contributed by atoms with Gasteiger partial charge in [0.05, 0.1) is 5.54 Å². The van der Waals surface area contributed by atoms with Crippen LogP contribution in [-0.2, 0) is 4.79 Å². The number of carbonyl (C=O) groups is 2. The Kier molecular flexibility index (Phi) is 4.39. The molecule has 1 aromatic rings. The van der Waals surface area contributed by atoms with Crippen molar-refractivity contribution in [1.29, 1.82) is 0 Å². The van der Waals surface area contributed by atoms with Crippen molar-refractivity contribution < 1.29 is 9.59 Å². The molecule has 20 heavy (non-hydrogen) atoms. The summed E-state index contributed by atoms with van der Waals surface area (Å²) in [6, 6.07) is 6.91. The van der Waals surface area contributed by atoms with E-state index in [0.717, 1.165) is 25.7 Å². The summed E-state index contributed by atoms with van der Waals surface area (Å²) in [4.78, 5) is 23.9. The van der Waals surface area contributed by atoms with Crippen molar-refractivity contribution in [1.82, 2.24) is 5.32 Å². The number of anilines is 1. The largest absolute Gasteiger partial charge is 0.352 e. The summed E-state index contributed by atoms with van der Waals surface area (Å²) in [6.45, 7) is 2.64. The van der Waals surface area contributed by atoms with Crippen LogP contribution in [0.3, 0.4) is 0 Å². The summed E-state index contributed by atoms with van der Waals surface area (Å²) in [5.41, 5.74) is 6.38. The van der Waals surface area contributed by atoms with E-state index < -0.39 is 5.54 Å². The lowest BCUT2D eigenvalue weighted by atomic mass is 9.77. The first-order chi connectivity index (χ1) is 9.55. The van der Waals surface area contributed by atoms with Crippen molar-refractivity contribution in [2.24, 2.45) is 5.73 Å². The SMILES string of the molecule is CCCNC(=O)c1cccc(NC(=O)C2(N)CCC2)c1. The Morgan fingerprint density at radius 2 is 2.10 bits per heavy atom. The fourth-order valence-corrected chi connectivity index (χ4v) is 2.12. The summed E-state index contributed by atoms with van der Waals surface area (Å²) in [6.07, 6.45) is 3.31. The highest BCUT2D eigenvalue weighted by Crippen LogP contribution is 2.30. The van der Waals surface area contributed by atoms with Crippen LogP contribution < -0.4 is 16.4 Å². The van der Waals surface area contributed by atoms with Gasteiger partial charge in [-0.05, 0) is 43.9 Å². The molecule has 0 unspecified atom stereocenters. The molecule has 5 heteroatoms. The Balaban J connectivity index is 2.02. The van der Waals surface area contributed by atoms with Gasteiger partial charge in [-0.25, -0.2) is 0 Å². The van der Waals surface area contributed by atoms with E-state index in [0.29, 0.717) is 17.8 Å². The molecule has 1 fully saturated rings. The summed E-state index contributed by atoms with van der Waals surface area (Å²) >= 11 is 0. The zero-order valence-electron chi connectivity index (χ0n) is 11.7. The first-order valence-corrected chi connectivity index (χ1v) is 7.04. The predicted molar refractivity (Wildman–Crippen MR) is 78.5 cm³/mol. The van der Waals surface area contributed by atoms with Crippen LogP contribution in [0.2, 0.25) is 0 Å². The fourth-order valence-electron chi connectivity index (χ4n) is 2.12. The summed E-state index contributed by atoms with van der Waals surface area (Å²) in [5, 5.41) is 5.60. The van der Waals surface area contributed by atoms with Gasteiger partial charge in [0.2, 0.25) is 5.91 Å². The number of rotatable bonds is 5. The van der Waals surface area contributed by atoms with Crippen LogP contribution in [0.15, 0.2) is 24.3 Å². The molecule has 0 atom stereocenters. The number of nitrogens with two attached hydrogens (primary N) is 1. The van der Waals surface area contributed by atoms with E-state index in [1.54, 1.807) is 24.3 Å². The highest BCUT2D eigenvalue weighted by atomic mass is 16.2. The van der Waals surface area contributed by atoms with Crippen molar-refractivity contribution in [3.8, 4) is 0 Å². The molecule has 1 saturated carbocycles. The second kappa shape index (κ2) is 6.05. The summed E-state index contributed by atoms with van der Waals surface area (Å²) in [7, 11) is 0. The molecule has 0 spiro atoms. The first kappa shape index (κ1) is 14.5. The smallest absolute Gasteiger partial charge is 0.251 e. The lowest BCUT2D eigenvalue weighted by Gasteiger charge is -2.36. The minimum atomic E-state index is -0.736. The van der Waals surface area contributed by atoms with Crippen LogP contribution in [0, 0.1) is 0 Å². The molecule has 4 N–H and O–H groups in total. The monoisotopic (exact) mass is 275 g/mol. The maximum atomic E-state index is 12.0. The van der Waals surface area contributed by atoms with E-state index in [9.17, 15) is 9.59 Å². The van der Waals surface area contributed by atoms with Gasteiger partial charge < -0.3 is 16.4 Å². The van der Waals surface area contributed by atoms with Crippen molar-refractivity contribution in [3.63, 3.8) is 0 Å². The van der Waals surface area contributed by atoms with Crippen LogP contribution in [0.4, 0.5) is 5.69 Å². The topological polar surface area (TPSA) is 84.2 Å². The van der Waals surface area contributed by atoms with Crippen molar-refractivity contribution in [3.05, 3.63) is 29.8 Å². The van der Waals surface area contributed by atoms with Gasteiger partial charge in [-0.15, -0.1) is 0 Å². The molecule has 0 heterocycles. The minimum absolute atomic E-state index is 0.131. The molecule has 2 amide bonds. The summed E-state index contributed by atoms with van der Waals surface area (Å²) < 4.78 is 0. The summed E-state index contributed by atoms with van der Waals surface area (Å²) in [5.74, 6) is -0.302. The van der Waals surface area contributed by atoms with E-state index in [2.05, 4.69) is 10.6 Å². The first-order valence-electron chi connectivity index (χ1n) is 7.04. The molecule has 0 aliphatic heterocycles. The van der Waals surface area contributed by atoms with Crippen molar-refractivity contribution in [2.75, 3.05) is 11.9 Å². The molecule has 0 bridgehead atoms. The Hall–Kier alpha value is -1.88. The van der Waals surface area contributed by atoms with Gasteiger partial charge >= 0.3 is 0 Å². The Labute approximate surface area is 118 Å². The van der Waals surface area contributed by atoms with E-state index in [1.165, 1.54) is 0 Å². The van der Waals surface area contributed by atoms with E-state index in [-0.39, 0.29) is 11.8 Å². The fraction of sp³-hybridized carbons (Fsp3) is 0.467. The average molecular weight is 275 g/mol. The standard InChI is InChI=1S/C15H21N3O2/c1-2-9-17-13(19)11-5-3-6-12(10-11)18-14(20)15(16)7-4-8-15/h3,5-6,10H,2,4,7-9,16H2,1H3,(H,17,19)(H,18,20). The average Bonchev–Trinajstić information content (AvgIpc) is 2.42. The zero-order chi connectivity index (χ0) is 14.6. The molecule has 0 saturated heterocycles. The zero-order valence-corrected chi connectivity index (χ0v) is 11.7. The second-order valence-corrected chi connectivity index (χ2v) is 5.30. The van der Waals surface area contributed by atoms with E-state index in [1.807, 2.05) is 6.92 Å². The molecular formula is C15H21N3O2. The third-order valence-corrected chi connectivity index (χ3v) is 3.62. The number of benzene rings is 1. The second-order valence-electron chi connectivity index (χ2n) is 5.30. The predicted octanol–water partition coefficient (Wildman–Crippen LogP) is 1.65. The normalized spacial score (nSPS) is 16.1. The quantitative estimate of drug-likeness (QED) is 0.764. The maximum absolute atomic E-state index is 12.0. The van der Waals surface area contributed by atoms with Gasteiger partial charge in [0, 0.05) is 17.8 Å². The number of carbonyl (C=O) groups excluding carboxylic acids is 2. The maximum Gasteiger partial charge on any atom is 0.251 e. The molecule has 5 nitrogen and oxygen atoms in total. The lowest BCUT2D eigenvalue weighted by molar-refractivity contribution is -0.123. The Bertz CT molecular complexity index is 510. The van der Waals surface area contributed by atoms with Crippen LogP contribution in [0.1, 0.15) is 43.0 Å². The molecule has 1 aromatic carbocycles. The van der Waals surface area contributed by atoms with Crippen LogP contribution in [0.5, 0.6) is 0 Å². The van der Waals surface area contributed by atoms with Gasteiger partial charge in [0.1, 0.15) is 0 Å². The Morgan fingerprint density at radius 3 is 2.70 bits per heavy atom. The van der Waals surface area contributed by atoms with Crippen LogP contribution in [0.25, 0.3) is 0 Å². The van der Waals surface area contributed by atoms with Crippen molar-refractivity contribution in [2.45, 2.75) is 38.1 Å². The number of amides is 2. The number of nitrogens with one attached hydrogen (secondary N) is 2. The van der Waals surface area contributed by atoms with Gasteiger partial charge in [-0.3, -0.25) is 9.59 Å². The molecule has 2 rings (SSSR count). The van der Waals surface area contributed by atoms with Gasteiger partial charge in [0.25, 0.3) is 5.91 Å². The van der Waals surface area contributed by atoms with Crippen LogP contribution >= 0.6 is 0 Å². The minimum Gasteiger partial charge on any atom is -0.352 e. The van der Waals surface area contributed by atoms with E-state index >= 15 is 0 Å². The highest BCUT2D eigenvalue weighted by Gasteiger charge is 2.40. The highest BCUT2D eigenvalue weighted by molar-refractivity contribution is 6.00. The molecule has 0 aromatic heterocycles. The van der Waals surface area contributed by atoms with Gasteiger partial charge in [-0.2, -0.15) is 0 Å². The Morgan fingerprint density at radius 1 is 1.35 bits per heavy atom. The molecule has 0 radical (unpaired) electrons. The lowest BCUT2D eigenvalue weighted by Crippen LogP contribution is -2.56. The third-order valence-electron chi connectivity index (χ3n) is 3.62. The molecule has 108 valence electrons. The third kappa shape index (κ3) is 3.17. The molecule has 1 aliphatic rings. The number of hydrogen-bond acceptors (Lipinski definition) is 3. The van der Waals surface area contributed by atoms with Crippen LogP contribution in [-0.4, -0.2) is 23.9 Å². The van der Waals surface area contributed by atoms with E-state index in [4.69, 9.17) is 5.73 Å². The number of hydrogen-bond donors (Lipinski definition) is 3. The molecular weight excluding hydrogens is 254 g/mol. The van der Waals surface area contributed by atoms with Gasteiger partial charge in [-0.1, -0.05) is 13.0 Å². The van der Waals surface area contributed by atoms with Gasteiger partial charge in [0.15, 0.2) is 0 Å². The molecule has 1 aliphatic carbocycles.